The molecule has 0 atom stereocenters. The van der Waals surface area contributed by atoms with Crippen LogP contribution in [0.4, 0.5) is 0 Å². The lowest BCUT2D eigenvalue weighted by Crippen LogP contribution is -2.41. The largest absolute Gasteiger partial charge is 0.288 e. The zero-order valence-corrected chi connectivity index (χ0v) is 19.8. The Morgan fingerprint density at radius 1 is 0.963 bits per heavy atom. The van der Waals surface area contributed by atoms with Gasteiger partial charge in [-0.3, -0.25) is 4.79 Å². The van der Waals surface area contributed by atoms with Crippen molar-refractivity contribution >= 4 is 40.6 Å². The van der Waals surface area contributed by atoms with Gasteiger partial charge in [-0.15, -0.1) is 0 Å². The smallest absolute Gasteiger partial charge is 0.217 e. The van der Waals surface area contributed by atoms with E-state index in [4.69, 9.17) is 0 Å². The normalized spacial score (nSPS) is 18.8. The summed E-state index contributed by atoms with van der Waals surface area (Å²) < 4.78 is 2.77. The summed E-state index contributed by atoms with van der Waals surface area (Å²) in [6.45, 7) is 4.33. The minimum Gasteiger partial charge on any atom is -0.288 e. The minimum absolute atomic E-state index is 0.178. The third-order valence-corrected chi connectivity index (χ3v) is 10.2. The lowest BCUT2D eigenvalue weighted by Gasteiger charge is -2.23. The quantitative estimate of drug-likeness (QED) is 0.331. The lowest BCUT2D eigenvalue weighted by atomic mass is 9.83. The Morgan fingerprint density at radius 3 is 2.00 bits per heavy atom. The van der Waals surface area contributed by atoms with Gasteiger partial charge in [0.25, 0.3) is 0 Å². The van der Waals surface area contributed by atoms with Crippen LogP contribution in [-0.2, 0) is 10.9 Å². The number of rotatable bonds is 6. The van der Waals surface area contributed by atoms with Crippen LogP contribution in [-0.4, -0.2) is 34.5 Å². The monoisotopic (exact) mass is 426 g/mol. The summed E-state index contributed by atoms with van der Waals surface area (Å²) >= 11 is 3.23. The lowest BCUT2D eigenvalue weighted by molar-refractivity contribution is 0.0956. The summed E-state index contributed by atoms with van der Waals surface area (Å²) in [4.78, 5) is 12.9. The van der Waals surface area contributed by atoms with Crippen LogP contribution in [0.5, 0.6) is 0 Å². The second-order valence-corrected chi connectivity index (χ2v) is 12.2. The standard InChI is InChI=1S/C20H29OS.C2H7NS2/c1-20(2,22-14-6-7-15-22)19(21)18-12-10-17(11-13-18)16-8-4-3-5-9-16;1-4-3-5-2/h10-13,16H,3-9,14-15H2,1-2H3;3H,1-2H3/q+1;. The first-order valence-electron chi connectivity index (χ1n) is 10.1. The van der Waals surface area contributed by atoms with E-state index in [0.29, 0.717) is 5.78 Å². The third-order valence-electron chi connectivity index (χ3n) is 5.72. The molecule has 2 fully saturated rings. The Balaban J connectivity index is 0.000000465. The summed E-state index contributed by atoms with van der Waals surface area (Å²) in [6.07, 6.45) is 13.4. The number of benzene rings is 1. The molecule has 2 aliphatic rings. The molecule has 1 heterocycles. The van der Waals surface area contributed by atoms with Crippen molar-refractivity contribution in [2.45, 2.75) is 69.5 Å². The van der Waals surface area contributed by atoms with E-state index in [9.17, 15) is 4.79 Å². The average Bonchev–Trinajstić information content (AvgIpc) is 3.25. The molecular weight excluding hydrogens is 390 g/mol. The summed E-state index contributed by atoms with van der Waals surface area (Å²) in [6, 6.07) is 8.62. The first-order chi connectivity index (χ1) is 13.0. The number of nitrogens with one attached hydrogen (secondary N) is 1. The predicted molar refractivity (Wildman–Crippen MR) is 127 cm³/mol. The zero-order valence-electron chi connectivity index (χ0n) is 17.4. The van der Waals surface area contributed by atoms with Crippen LogP contribution in [0, 0.1) is 0 Å². The molecule has 1 N–H and O–H groups in total. The molecule has 3 rings (SSSR count). The van der Waals surface area contributed by atoms with Gasteiger partial charge in [-0.1, -0.05) is 67.4 Å². The van der Waals surface area contributed by atoms with E-state index in [-0.39, 0.29) is 15.6 Å². The summed E-state index contributed by atoms with van der Waals surface area (Å²) in [5, 5.41) is 0. The fourth-order valence-corrected chi connectivity index (χ4v) is 7.45. The van der Waals surface area contributed by atoms with Crippen LogP contribution in [0.3, 0.4) is 0 Å². The van der Waals surface area contributed by atoms with Crippen molar-refractivity contribution in [3.05, 3.63) is 35.4 Å². The molecule has 1 saturated heterocycles. The molecule has 1 saturated carbocycles. The highest BCUT2D eigenvalue weighted by Crippen LogP contribution is 2.34. The van der Waals surface area contributed by atoms with Crippen molar-refractivity contribution in [3.63, 3.8) is 0 Å². The molecule has 152 valence electrons. The second-order valence-electron chi connectivity index (χ2n) is 7.90. The van der Waals surface area contributed by atoms with Gasteiger partial charge in [0.2, 0.25) is 5.78 Å². The van der Waals surface area contributed by atoms with Crippen LogP contribution in [0.2, 0.25) is 0 Å². The fourth-order valence-electron chi connectivity index (χ4n) is 4.07. The van der Waals surface area contributed by atoms with Gasteiger partial charge in [0, 0.05) is 16.5 Å². The number of ketones is 1. The van der Waals surface area contributed by atoms with Gasteiger partial charge in [-0.25, -0.2) is 4.13 Å². The van der Waals surface area contributed by atoms with E-state index in [1.54, 1.807) is 23.9 Å². The molecule has 1 aliphatic carbocycles. The van der Waals surface area contributed by atoms with Gasteiger partial charge >= 0.3 is 0 Å². The maximum absolute atomic E-state index is 12.9. The van der Waals surface area contributed by atoms with E-state index in [1.165, 1.54) is 62.0 Å². The van der Waals surface area contributed by atoms with E-state index in [1.807, 2.05) is 12.5 Å². The predicted octanol–water partition coefficient (Wildman–Crippen LogP) is 6.24. The Kier molecular flexibility index (Phi) is 10.1. The summed E-state index contributed by atoms with van der Waals surface area (Å²) in [5.74, 6) is 3.58. The number of carbonyl (C=O) groups excluding carboxylic acids is 1. The molecule has 0 aromatic heterocycles. The highest BCUT2D eigenvalue weighted by Gasteiger charge is 2.47. The molecule has 0 unspecified atom stereocenters. The van der Waals surface area contributed by atoms with Crippen LogP contribution in [0.25, 0.3) is 0 Å². The first-order valence-corrected chi connectivity index (χ1v) is 14.1. The Morgan fingerprint density at radius 2 is 1.52 bits per heavy atom. The van der Waals surface area contributed by atoms with Gasteiger partial charge in [-0.2, -0.15) is 0 Å². The maximum atomic E-state index is 12.9. The van der Waals surface area contributed by atoms with Crippen LogP contribution in [0.1, 0.15) is 80.6 Å². The molecule has 0 bridgehead atoms. The van der Waals surface area contributed by atoms with Crippen molar-refractivity contribution < 1.29 is 4.79 Å². The number of hydrogen-bond acceptors (Lipinski definition) is 4. The zero-order chi connectivity index (χ0) is 19.7. The van der Waals surface area contributed by atoms with Crippen molar-refractivity contribution in [3.8, 4) is 0 Å². The number of Topliss-reactive ketones (excluding diaryl/α,β-unsaturated/α-hetero) is 1. The second kappa shape index (κ2) is 11.8. The highest BCUT2D eigenvalue weighted by molar-refractivity contribution is 8.12. The van der Waals surface area contributed by atoms with E-state index in [0.717, 1.165) is 11.5 Å². The van der Waals surface area contributed by atoms with Crippen molar-refractivity contribution in [1.29, 1.82) is 0 Å². The Bertz CT molecular complexity index is 559. The summed E-state index contributed by atoms with van der Waals surface area (Å²) in [7, 11) is 0.273. The van der Waals surface area contributed by atoms with Gasteiger partial charge in [0.15, 0.2) is 4.75 Å². The SMILES string of the molecule is CC(C)(C(=O)c1ccc(C2CCCCC2)cc1)[S+]1CCCC1.CSNSC. The van der Waals surface area contributed by atoms with Crippen molar-refractivity contribution in [2.75, 3.05) is 24.0 Å². The molecule has 0 radical (unpaired) electrons. The number of hydrogen-bond donors (Lipinski definition) is 1. The van der Waals surface area contributed by atoms with Gasteiger partial charge in [0.1, 0.15) is 11.5 Å². The van der Waals surface area contributed by atoms with Crippen LogP contribution in [0.15, 0.2) is 24.3 Å². The minimum atomic E-state index is -0.178. The average molecular weight is 427 g/mol. The third kappa shape index (κ3) is 6.73. The first kappa shape index (κ1) is 23.2. The van der Waals surface area contributed by atoms with E-state index in [2.05, 4.69) is 42.2 Å². The topological polar surface area (TPSA) is 29.1 Å². The van der Waals surface area contributed by atoms with E-state index >= 15 is 0 Å². The molecule has 0 spiro atoms. The van der Waals surface area contributed by atoms with Crippen LogP contribution >= 0.6 is 23.9 Å². The van der Waals surface area contributed by atoms with E-state index < -0.39 is 0 Å². The van der Waals surface area contributed by atoms with Crippen molar-refractivity contribution in [1.82, 2.24) is 4.13 Å². The van der Waals surface area contributed by atoms with Crippen LogP contribution < -0.4 is 4.13 Å². The molecule has 1 aromatic rings. The molecule has 1 aromatic carbocycles. The van der Waals surface area contributed by atoms with Gasteiger partial charge < -0.3 is 0 Å². The Hall–Kier alpha value is -0.100. The van der Waals surface area contributed by atoms with Crippen molar-refractivity contribution in [2.24, 2.45) is 0 Å². The maximum Gasteiger partial charge on any atom is 0.217 e. The Labute approximate surface area is 178 Å². The molecule has 0 amide bonds. The summed E-state index contributed by atoms with van der Waals surface area (Å²) in [5.41, 5.74) is 2.36. The number of carbonyl (C=O) groups is 1. The fraction of sp³-hybridized carbons (Fsp3) is 0.682. The highest BCUT2D eigenvalue weighted by atomic mass is 32.2. The molecule has 5 heteroatoms. The van der Waals surface area contributed by atoms with Gasteiger partial charge in [-0.05, 0) is 63.5 Å². The molecule has 2 nitrogen and oxygen atoms in total. The van der Waals surface area contributed by atoms with Gasteiger partial charge in [0.05, 0.1) is 0 Å². The molecule has 27 heavy (non-hydrogen) atoms. The molecule has 1 aliphatic heterocycles. The molecular formula is C22H36NOS3+.